The molecular weight excluding hydrogens is 272 g/mol. The fourth-order valence-corrected chi connectivity index (χ4v) is 2.40. The third-order valence-electron chi connectivity index (χ3n) is 2.21. The van der Waals surface area contributed by atoms with Gasteiger partial charge in [0.1, 0.15) is 0 Å². The van der Waals surface area contributed by atoms with Gasteiger partial charge in [0.05, 0.1) is 20.7 Å². The van der Waals surface area contributed by atoms with E-state index in [4.69, 9.17) is 0 Å². The number of allylic oxidation sites excluding steroid dienone is 1. The summed E-state index contributed by atoms with van der Waals surface area (Å²) in [6.45, 7) is 10.9. The minimum atomic E-state index is 0.866. The standard InChI is InChI=1S/C11H15BrN2S/c1-5-14(7(2)3)10-9(12)6-13-8(4)11(10)15/h6,15H,2,5H2,1,3-4H3. The van der Waals surface area contributed by atoms with Gasteiger partial charge in [-0.1, -0.05) is 6.58 Å². The highest BCUT2D eigenvalue weighted by Gasteiger charge is 2.14. The van der Waals surface area contributed by atoms with Crippen molar-refractivity contribution in [3.05, 3.63) is 28.6 Å². The van der Waals surface area contributed by atoms with Gasteiger partial charge in [-0.3, -0.25) is 4.98 Å². The Morgan fingerprint density at radius 1 is 1.67 bits per heavy atom. The Morgan fingerprint density at radius 2 is 2.27 bits per heavy atom. The number of thiol groups is 1. The van der Waals surface area contributed by atoms with Crippen LogP contribution in [0, 0.1) is 6.92 Å². The molecule has 1 aromatic rings. The summed E-state index contributed by atoms with van der Waals surface area (Å²) in [6.07, 6.45) is 1.80. The van der Waals surface area contributed by atoms with Crippen LogP contribution in [0.2, 0.25) is 0 Å². The van der Waals surface area contributed by atoms with Gasteiger partial charge in [-0.25, -0.2) is 0 Å². The summed E-state index contributed by atoms with van der Waals surface area (Å²) in [5.41, 5.74) is 2.97. The van der Waals surface area contributed by atoms with E-state index in [0.717, 1.165) is 33.0 Å². The van der Waals surface area contributed by atoms with Gasteiger partial charge >= 0.3 is 0 Å². The monoisotopic (exact) mass is 286 g/mol. The number of aromatic nitrogens is 1. The summed E-state index contributed by atoms with van der Waals surface area (Å²) in [7, 11) is 0. The smallest absolute Gasteiger partial charge is 0.0722 e. The number of nitrogens with zero attached hydrogens (tertiary/aromatic N) is 2. The third-order valence-corrected chi connectivity index (χ3v) is 3.33. The number of rotatable bonds is 3. The molecule has 82 valence electrons. The van der Waals surface area contributed by atoms with E-state index in [1.54, 1.807) is 6.20 Å². The first-order chi connectivity index (χ1) is 6.99. The fourth-order valence-electron chi connectivity index (χ4n) is 1.44. The largest absolute Gasteiger partial charge is 0.344 e. The zero-order valence-electron chi connectivity index (χ0n) is 9.21. The summed E-state index contributed by atoms with van der Waals surface area (Å²) in [5.74, 6) is 0. The quantitative estimate of drug-likeness (QED) is 0.851. The third kappa shape index (κ3) is 2.55. The Bertz CT molecular complexity index is 390. The summed E-state index contributed by atoms with van der Waals surface area (Å²) in [4.78, 5) is 7.24. The molecule has 0 spiro atoms. The minimum absolute atomic E-state index is 0.866. The van der Waals surface area contributed by atoms with E-state index < -0.39 is 0 Å². The Morgan fingerprint density at radius 3 is 2.73 bits per heavy atom. The van der Waals surface area contributed by atoms with Gasteiger partial charge in [-0.2, -0.15) is 0 Å². The molecule has 0 aliphatic carbocycles. The van der Waals surface area contributed by atoms with Gasteiger partial charge in [0.25, 0.3) is 0 Å². The zero-order chi connectivity index (χ0) is 11.6. The van der Waals surface area contributed by atoms with Crippen molar-refractivity contribution in [3.63, 3.8) is 0 Å². The zero-order valence-corrected chi connectivity index (χ0v) is 11.7. The Hall–Kier alpha value is -0.480. The summed E-state index contributed by atoms with van der Waals surface area (Å²) >= 11 is 7.99. The molecule has 1 rings (SSSR count). The van der Waals surface area contributed by atoms with Crippen LogP contribution in [0.1, 0.15) is 19.5 Å². The molecule has 0 atom stereocenters. The molecule has 2 nitrogen and oxygen atoms in total. The molecule has 0 N–H and O–H groups in total. The lowest BCUT2D eigenvalue weighted by atomic mass is 10.2. The van der Waals surface area contributed by atoms with Crippen molar-refractivity contribution < 1.29 is 0 Å². The lowest BCUT2D eigenvalue weighted by Gasteiger charge is -2.26. The van der Waals surface area contributed by atoms with Crippen LogP contribution < -0.4 is 4.90 Å². The maximum Gasteiger partial charge on any atom is 0.0722 e. The number of pyridine rings is 1. The molecule has 0 aliphatic rings. The molecular formula is C11H15BrN2S. The van der Waals surface area contributed by atoms with Gasteiger partial charge in [0.15, 0.2) is 0 Å². The highest BCUT2D eigenvalue weighted by Crippen LogP contribution is 2.35. The summed E-state index contributed by atoms with van der Waals surface area (Å²) in [6, 6.07) is 0. The van der Waals surface area contributed by atoms with Crippen LogP contribution in [0.25, 0.3) is 0 Å². The molecule has 0 saturated heterocycles. The highest BCUT2D eigenvalue weighted by molar-refractivity contribution is 9.10. The molecule has 0 saturated carbocycles. The van der Waals surface area contributed by atoms with E-state index in [-0.39, 0.29) is 0 Å². The molecule has 1 heterocycles. The average Bonchev–Trinajstić information content (AvgIpc) is 2.18. The predicted octanol–water partition coefficient (Wildman–Crippen LogP) is 3.80. The van der Waals surface area contributed by atoms with Crippen LogP contribution in [-0.2, 0) is 0 Å². The lowest BCUT2D eigenvalue weighted by Crippen LogP contribution is -2.21. The van der Waals surface area contributed by atoms with E-state index in [1.165, 1.54) is 0 Å². The van der Waals surface area contributed by atoms with Crippen molar-refractivity contribution in [1.82, 2.24) is 4.98 Å². The van der Waals surface area contributed by atoms with Crippen molar-refractivity contribution >= 4 is 34.2 Å². The SMILES string of the molecule is C=C(C)N(CC)c1c(Br)cnc(C)c1S. The van der Waals surface area contributed by atoms with E-state index in [0.29, 0.717) is 0 Å². The Balaban J connectivity index is 3.34. The van der Waals surface area contributed by atoms with Crippen molar-refractivity contribution in [1.29, 1.82) is 0 Å². The molecule has 0 aliphatic heterocycles. The first-order valence-electron chi connectivity index (χ1n) is 4.76. The van der Waals surface area contributed by atoms with Gasteiger partial charge in [-0.05, 0) is 36.7 Å². The molecule has 0 radical (unpaired) electrons. The van der Waals surface area contributed by atoms with Crippen molar-refractivity contribution in [2.24, 2.45) is 0 Å². The predicted molar refractivity (Wildman–Crippen MR) is 71.8 cm³/mol. The molecule has 0 amide bonds. The van der Waals surface area contributed by atoms with Crippen molar-refractivity contribution in [3.8, 4) is 0 Å². The molecule has 0 unspecified atom stereocenters. The van der Waals surface area contributed by atoms with Crippen LogP contribution >= 0.6 is 28.6 Å². The maximum absolute atomic E-state index is 4.49. The van der Waals surface area contributed by atoms with Crippen LogP contribution in [0.4, 0.5) is 5.69 Å². The molecule has 0 fully saturated rings. The van der Waals surface area contributed by atoms with Crippen molar-refractivity contribution in [2.45, 2.75) is 25.7 Å². The van der Waals surface area contributed by atoms with Crippen LogP contribution in [0.15, 0.2) is 27.8 Å². The van der Waals surface area contributed by atoms with Crippen molar-refractivity contribution in [2.75, 3.05) is 11.4 Å². The van der Waals surface area contributed by atoms with Crippen LogP contribution in [0.3, 0.4) is 0 Å². The second-order valence-electron chi connectivity index (χ2n) is 3.37. The molecule has 4 heteroatoms. The summed E-state index contributed by atoms with van der Waals surface area (Å²) in [5, 5.41) is 0. The van der Waals surface area contributed by atoms with Gasteiger partial charge in [-0.15, -0.1) is 12.6 Å². The van der Waals surface area contributed by atoms with Gasteiger partial charge in [0, 0.05) is 18.4 Å². The number of halogens is 1. The first kappa shape index (κ1) is 12.6. The van der Waals surface area contributed by atoms with E-state index in [2.05, 4.69) is 51.9 Å². The lowest BCUT2D eigenvalue weighted by molar-refractivity contribution is 0.925. The normalized spacial score (nSPS) is 10.2. The number of hydrogen-bond acceptors (Lipinski definition) is 3. The van der Waals surface area contributed by atoms with Gasteiger partial charge < -0.3 is 4.90 Å². The second kappa shape index (κ2) is 5.03. The Kier molecular flexibility index (Phi) is 4.22. The van der Waals surface area contributed by atoms with E-state index in [1.807, 2.05) is 13.8 Å². The number of aryl methyl sites for hydroxylation is 1. The number of hydrogen-bond donors (Lipinski definition) is 1. The molecule has 0 aromatic carbocycles. The molecule has 15 heavy (non-hydrogen) atoms. The van der Waals surface area contributed by atoms with E-state index >= 15 is 0 Å². The van der Waals surface area contributed by atoms with Gasteiger partial charge in [0.2, 0.25) is 0 Å². The fraction of sp³-hybridized carbons (Fsp3) is 0.364. The highest BCUT2D eigenvalue weighted by atomic mass is 79.9. The topological polar surface area (TPSA) is 16.1 Å². The first-order valence-corrected chi connectivity index (χ1v) is 6.00. The van der Waals surface area contributed by atoms with Crippen LogP contribution in [-0.4, -0.2) is 11.5 Å². The van der Waals surface area contributed by atoms with E-state index in [9.17, 15) is 0 Å². The summed E-state index contributed by atoms with van der Waals surface area (Å²) < 4.78 is 0.947. The maximum atomic E-state index is 4.49. The number of anilines is 1. The molecule has 0 bridgehead atoms. The second-order valence-corrected chi connectivity index (χ2v) is 4.67. The minimum Gasteiger partial charge on any atom is -0.344 e. The average molecular weight is 287 g/mol. The van der Waals surface area contributed by atoms with Crippen LogP contribution in [0.5, 0.6) is 0 Å². The Labute approximate surface area is 105 Å². The molecule has 1 aromatic heterocycles.